The van der Waals surface area contributed by atoms with E-state index in [4.69, 9.17) is 16.3 Å². The van der Waals surface area contributed by atoms with E-state index in [1.54, 1.807) is 0 Å². The number of hydrogen-bond donors (Lipinski definition) is 1. The zero-order valence-corrected chi connectivity index (χ0v) is 10.3. The van der Waals surface area contributed by atoms with Crippen LogP contribution in [0.3, 0.4) is 0 Å². The number of aliphatic hydroxyl groups excluding tert-OH is 1. The van der Waals surface area contributed by atoms with Crippen LogP contribution in [0.25, 0.3) is 0 Å². The minimum Gasteiger partial charge on any atom is -0.386 e. The lowest BCUT2D eigenvalue weighted by atomic mass is 10.0. The Morgan fingerprint density at radius 3 is 3.06 bits per heavy atom. The normalized spacial score (nSPS) is 23.6. The van der Waals surface area contributed by atoms with Gasteiger partial charge in [0.2, 0.25) is 0 Å². The van der Waals surface area contributed by atoms with Crippen molar-refractivity contribution in [2.24, 2.45) is 0 Å². The van der Waals surface area contributed by atoms with Crippen molar-refractivity contribution >= 4 is 11.6 Å². The van der Waals surface area contributed by atoms with Crippen LogP contribution in [-0.2, 0) is 4.74 Å². The highest BCUT2D eigenvalue weighted by molar-refractivity contribution is 6.31. The van der Waals surface area contributed by atoms with Gasteiger partial charge in [0, 0.05) is 23.7 Å². The topological polar surface area (TPSA) is 32.7 Å². The molecule has 1 N–H and O–H groups in total. The number of aliphatic hydroxyl groups is 1. The van der Waals surface area contributed by atoms with E-state index in [0.29, 0.717) is 23.7 Å². The van der Waals surface area contributed by atoms with Gasteiger partial charge in [-0.2, -0.15) is 0 Å². The number of morpholine rings is 1. The first-order valence-electron chi connectivity index (χ1n) is 5.51. The fourth-order valence-electron chi connectivity index (χ4n) is 1.94. The second-order valence-electron chi connectivity index (χ2n) is 4.28. The van der Waals surface area contributed by atoms with Crippen molar-refractivity contribution in [2.75, 3.05) is 26.7 Å². The first-order chi connectivity index (χ1) is 8.08. The van der Waals surface area contributed by atoms with E-state index in [0.717, 1.165) is 6.54 Å². The fraction of sp³-hybridized carbons (Fsp3) is 0.500. The summed E-state index contributed by atoms with van der Waals surface area (Å²) in [6.45, 7) is 2.00. The summed E-state index contributed by atoms with van der Waals surface area (Å²) < 4.78 is 18.6. The smallest absolute Gasteiger partial charge is 0.123 e. The van der Waals surface area contributed by atoms with Crippen LogP contribution < -0.4 is 0 Å². The Balaban J connectivity index is 2.18. The molecule has 3 nitrogen and oxygen atoms in total. The molecule has 1 aromatic rings. The molecule has 5 heteroatoms. The monoisotopic (exact) mass is 259 g/mol. The highest BCUT2D eigenvalue weighted by Gasteiger charge is 2.27. The zero-order chi connectivity index (χ0) is 12.4. The van der Waals surface area contributed by atoms with E-state index in [-0.39, 0.29) is 6.10 Å². The van der Waals surface area contributed by atoms with Crippen molar-refractivity contribution in [3.8, 4) is 0 Å². The highest BCUT2D eigenvalue weighted by Crippen LogP contribution is 2.28. The minimum absolute atomic E-state index is 0.357. The lowest BCUT2D eigenvalue weighted by molar-refractivity contribution is -0.0845. The maximum Gasteiger partial charge on any atom is 0.123 e. The standard InChI is InChI=1S/C12H15ClFNO2/c1-15-4-5-17-11(7-15)12(16)9-6-8(14)2-3-10(9)13/h2-3,6,11-12,16H,4-5,7H2,1H3. The molecule has 94 valence electrons. The van der Waals surface area contributed by atoms with Gasteiger partial charge in [0.1, 0.15) is 18.0 Å². The third-order valence-corrected chi connectivity index (χ3v) is 3.27. The molecule has 1 aliphatic heterocycles. The van der Waals surface area contributed by atoms with E-state index in [1.807, 2.05) is 7.05 Å². The van der Waals surface area contributed by atoms with Gasteiger partial charge in [-0.05, 0) is 25.2 Å². The predicted molar refractivity (Wildman–Crippen MR) is 63.6 cm³/mol. The first-order valence-corrected chi connectivity index (χ1v) is 5.89. The molecule has 0 amide bonds. The summed E-state index contributed by atoms with van der Waals surface area (Å²) in [6.07, 6.45) is -1.27. The van der Waals surface area contributed by atoms with E-state index < -0.39 is 11.9 Å². The van der Waals surface area contributed by atoms with Gasteiger partial charge in [0.05, 0.1) is 6.61 Å². The van der Waals surface area contributed by atoms with Crippen LogP contribution in [0.1, 0.15) is 11.7 Å². The number of hydrogen-bond acceptors (Lipinski definition) is 3. The quantitative estimate of drug-likeness (QED) is 0.880. The fourth-order valence-corrected chi connectivity index (χ4v) is 2.17. The summed E-state index contributed by atoms with van der Waals surface area (Å²) in [5.41, 5.74) is 0.381. The summed E-state index contributed by atoms with van der Waals surface area (Å²) in [7, 11) is 1.95. The lowest BCUT2D eigenvalue weighted by Gasteiger charge is -2.33. The van der Waals surface area contributed by atoms with E-state index in [2.05, 4.69) is 4.90 Å². The summed E-state index contributed by atoms with van der Waals surface area (Å²) in [6, 6.07) is 3.97. The summed E-state index contributed by atoms with van der Waals surface area (Å²) >= 11 is 5.95. The van der Waals surface area contributed by atoms with Crippen molar-refractivity contribution in [3.63, 3.8) is 0 Å². The van der Waals surface area contributed by atoms with E-state index in [1.165, 1.54) is 18.2 Å². The molecule has 0 aromatic heterocycles. The van der Waals surface area contributed by atoms with Gasteiger partial charge in [-0.3, -0.25) is 0 Å². The maximum absolute atomic E-state index is 13.1. The van der Waals surface area contributed by atoms with Crippen LogP contribution in [0.15, 0.2) is 18.2 Å². The number of nitrogens with zero attached hydrogens (tertiary/aromatic N) is 1. The van der Waals surface area contributed by atoms with Crippen LogP contribution in [0.2, 0.25) is 5.02 Å². The molecule has 2 rings (SSSR count). The maximum atomic E-state index is 13.1. The van der Waals surface area contributed by atoms with Gasteiger partial charge in [-0.25, -0.2) is 4.39 Å². The predicted octanol–water partition coefficient (Wildman–Crippen LogP) is 1.84. The zero-order valence-electron chi connectivity index (χ0n) is 9.57. The molecule has 1 aliphatic rings. The van der Waals surface area contributed by atoms with Gasteiger partial charge in [-0.15, -0.1) is 0 Å². The molecule has 1 heterocycles. The van der Waals surface area contributed by atoms with E-state index in [9.17, 15) is 9.50 Å². The SMILES string of the molecule is CN1CCOC(C(O)c2cc(F)ccc2Cl)C1. The molecule has 1 aromatic carbocycles. The third-order valence-electron chi connectivity index (χ3n) is 2.93. The lowest BCUT2D eigenvalue weighted by Crippen LogP contribution is -2.43. The van der Waals surface area contributed by atoms with Gasteiger partial charge < -0.3 is 14.7 Å². The molecule has 0 spiro atoms. The molecule has 1 fully saturated rings. The van der Waals surface area contributed by atoms with Crippen molar-refractivity contribution in [1.29, 1.82) is 0 Å². The Hall–Kier alpha value is -0.680. The second kappa shape index (κ2) is 5.31. The highest BCUT2D eigenvalue weighted by atomic mass is 35.5. The van der Waals surface area contributed by atoms with Crippen LogP contribution in [0, 0.1) is 5.82 Å². The average Bonchev–Trinajstić information content (AvgIpc) is 2.31. The number of benzene rings is 1. The van der Waals surface area contributed by atoms with Crippen LogP contribution in [0.4, 0.5) is 4.39 Å². The first kappa shape index (κ1) is 12.8. The van der Waals surface area contributed by atoms with Crippen molar-refractivity contribution in [1.82, 2.24) is 4.90 Å². The number of halogens is 2. The van der Waals surface area contributed by atoms with Gasteiger partial charge in [0.25, 0.3) is 0 Å². The summed E-state index contributed by atoms with van der Waals surface area (Å²) in [4.78, 5) is 2.06. The van der Waals surface area contributed by atoms with Crippen LogP contribution in [0.5, 0.6) is 0 Å². The molecular weight excluding hydrogens is 245 g/mol. The van der Waals surface area contributed by atoms with Gasteiger partial charge in [-0.1, -0.05) is 11.6 Å². The largest absolute Gasteiger partial charge is 0.386 e. The second-order valence-corrected chi connectivity index (χ2v) is 4.69. The third kappa shape index (κ3) is 2.96. The number of rotatable bonds is 2. The van der Waals surface area contributed by atoms with Crippen molar-refractivity contribution in [2.45, 2.75) is 12.2 Å². The molecule has 17 heavy (non-hydrogen) atoms. The summed E-state index contributed by atoms with van der Waals surface area (Å²) in [5, 5.41) is 10.5. The number of likely N-dealkylation sites (N-methyl/N-ethyl adjacent to an activating group) is 1. The molecule has 0 aliphatic carbocycles. The molecule has 0 saturated carbocycles. The van der Waals surface area contributed by atoms with Gasteiger partial charge >= 0.3 is 0 Å². The Morgan fingerprint density at radius 2 is 2.35 bits per heavy atom. The van der Waals surface area contributed by atoms with Crippen molar-refractivity contribution < 1.29 is 14.2 Å². The number of ether oxygens (including phenoxy) is 1. The summed E-state index contributed by atoms with van der Waals surface area (Å²) in [5.74, 6) is -0.410. The molecule has 2 atom stereocenters. The van der Waals surface area contributed by atoms with Crippen LogP contribution >= 0.6 is 11.6 Å². The van der Waals surface area contributed by atoms with Crippen LogP contribution in [-0.4, -0.2) is 42.9 Å². The molecule has 1 saturated heterocycles. The molecular formula is C12H15ClFNO2. The average molecular weight is 260 g/mol. The van der Waals surface area contributed by atoms with Crippen molar-refractivity contribution in [3.05, 3.63) is 34.6 Å². The molecule has 2 unspecified atom stereocenters. The Kier molecular flexibility index (Phi) is 3.99. The Labute approximate surface area is 105 Å². The minimum atomic E-state index is -0.902. The van der Waals surface area contributed by atoms with Gasteiger partial charge in [0.15, 0.2) is 0 Å². The van der Waals surface area contributed by atoms with E-state index >= 15 is 0 Å². The Bertz CT molecular complexity index is 402. The molecule has 0 radical (unpaired) electrons. The molecule has 0 bridgehead atoms. The Morgan fingerprint density at radius 1 is 1.59 bits per heavy atom.